The molecule has 3 aromatic rings. The summed E-state index contributed by atoms with van der Waals surface area (Å²) < 4.78 is 1.48. The first-order valence-corrected chi connectivity index (χ1v) is 7.13. The van der Waals surface area contributed by atoms with Crippen LogP contribution in [0.25, 0.3) is 17.0 Å². The van der Waals surface area contributed by atoms with E-state index in [1.807, 2.05) is 6.07 Å². The molecule has 0 saturated heterocycles. The van der Waals surface area contributed by atoms with Crippen LogP contribution in [-0.4, -0.2) is 14.6 Å². The lowest BCUT2D eigenvalue weighted by atomic mass is 10.2. The Morgan fingerprint density at radius 1 is 0.952 bits per heavy atom. The van der Waals surface area contributed by atoms with Crippen molar-refractivity contribution in [3.63, 3.8) is 0 Å². The molecule has 2 aromatic heterocycles. The average molecular weight is 358 g/mol. The second-order valence-corrected chi connectivity index (χ2v) is 5.65. The SMILES string of the molecule is N#Cc1c(Cl)c(Cl)c2nnc(-c3ccc(Cl)cc3)n2c1Cl. The fraction of sp³-hybridized carbons (Fsp3) is 0. The summed E-state index contributed by atoms with van der Waals surface area (Å²) >= 11 is 24.2. The first kappa shape index (κ1) is 14.4. The van der Waals surface area contributed by atoms with E-state index >= 15 is 0 Å². The van der Waals surface area contributed by atoms with Crippen molar-refractivity contribution in [1.29, 1.82) is 5.26 Å². The third-order valence-electron chi connectivity index (χ3n) is 2.89. The molecule has 4 nitrogen and oxygen atoms in total. The highest BCUT2D eigenvalue weighted by atomic mass is 35.5. The number of pyridine rings is 1. The quantitative estimate of drug-likeness (QED) is 0.583. The van der Waals surface area contributed by atoms with E-state index in [1.54, 1.807) is 24.3 Å². The van der Waals surface area contributed by atoms with E-state index in [9.17, 15) is 0 Å². The van der Waals surface area contributed by atoms with Crippen LogP contribution in [0, 0.1) is 11.3 Å². The van der Waals surface area contributed by atoms with Gasteiger partial charge in [-0.25, -0.2) is 0 Å². The van der Waals surface area contributed by atoms with Gasteiger partial charge in [0.1, 0.15) is 21.8 Å². The van der Waals surface area contributed by atoms with Gasteiger partial charge in [0, 0.05) is 10.6 Å². The first-order chi connectivity index (χ1) is 10.0. The summed E-state index contributed by atoms with van der Waals surface area (Å²) in [7, 11) is 0. The fourth-order valence-electron chi connectivity index (χ4n) is 1.90. The molecule has 0 aliphatic rings. The minimum Gasteiger partial charge on any atom is -0.262 e. The van der Waals surface area contributed by atoms with E-state index in [0.717, 1.165) is 5.56 Å². The van der Waals surface area contributed by atoms with Crippen LogP contribution in [0.1, 0.15) is 5.56 Å². The van der Waals surface area contributed by atoms with Gasteiger partial charge in [0.25, 0.3) is 0 Å². The van der Waals surface area contributed by atoms with E-state index in [1.165, 1.54) is 4.40 Å². The molecule has 2 heterocycles. The largest absolute Gasteiger partial charge is 0.262 e. The molecule has 0 aliphatic carbocycles. The van der Waals surface area contributed by atoms with Gasteiger partial charge in [-0.05, 0) is 24.3 Å². The minimum absolute atomic E-state index is 0.0618. The van der Waals surface area contributed by atoms with Gasteiger partial charge in [-0.3, -0.25) is 4.40 Å². The summed E-state index contributed by atoms with van der Waals surface area (Å²) in [5.41, 5.74) is 1.09. The third kappa shape index (κ3) is 2.23. The van der Waals surface area contributed by atoms with Crippen LogP contribution < -0.4 is 0 Å². The Kier molecular flexibility index (Phi) is 3.68. The number of hydrogen-bond donors (Lipinski definition) is 0. The molecule has 0 amide bonds. The van der Waals surface area contributed by atoms with Crippen molar-refractivity contribution in [3.8, 4) is 17.5 Å². The lowest BCUT2D eigenvalue weighted by Gasteiger charge is -2.07. The van der Waals surface area contributed by atoms with Gasteiger partial charge in [0.15, 0.2) is 11.5 Å². The van der Waals surface area contributed by atoms with Crippen LogP contribution in [-0.2, 0) is 0 Å². The van der Waals surface area contributed by atoms with Gasteiger partial charge in [-0.1, -0.05) is 46.4 Å². The van der Waals surface area contributed by atoms with Gasteiger partial charge < -0.3 is 0 Å². The summed E-state index contributed by atoms with van der Waals surface area (Å²) in [5.74, 6) is 0.446. The normalized spacial score (nSPS) is 10.8. The zero-order valence-electron chi connectivity index (χ0n) is 10.1. The monoisotopic (exact) mass is 356 g/mol. The molecule has 1 aromatic carbocycles. The van der Waals surface area contributed by atoms with Gasteiger partial charge in [-0.2, -0.15) is 5.26 Å². The number of benzene rings is 1. The highest BCUT2D eigenvalue weighted by Crippen LogP contribution is 2.36. The highest BCUT2D eigenvalue weighted by molar-refractivity contribution is 6.46. The molecule has 0 N–H and O–H groups in total. The third-order valence-corrected chi connectivity index (χ3v) is 4.33. The zero-order chi connectivity index (χ0) is 15.1. The lowest BCUT2D eigenvalue weighted by molar-refractivity contribution is 1.11. The highest BCUT2D eigenvalue weighted by Gasteiger charge is 2.21. The number of fused-ring (bicyclic) bond motifs is 1. The zero-order valence-corrected chi connectivity index (χ0v) is 13.1. The number of nitriles is 1. The summed E-state index contributed by atoms with van der Waals surface area (Å²) in [6, 6.07) is 8.90. The van der Waals surface area contributed by atoms with E-state index < -0.39 is 0 Å². The Morgan fingerprint density at radius 2 is 1.62 bits per heavy atom. The van der Waals surface area contributed by atoms with Crippen molar-refractivity contribution < 1.29 is 0 Å². The van der Waals surface area contributed by atoms with Crippen molar-refractivity contribution >= 4 is 52.1 Å². The number of halogens is 4. The predicted octanol–water partition coefficient (Wildman–Crippen LogP) is 4.88. The Labute approximate surface area is 139 Å². The molecule has 104 valence electrons. The molecular weight excluding hydrogens is 354 g/mol. The molecule has 0 saturated carbocycles. The number of aromatic nitrogens is 3. The Balaban J connectivity index is 2.39. The molecule has 0 bridgehead atoms. The molecule has 3 rings (SSSR count). The second-order valence-electron chi connectivity index (χ2n) is 4.10. The first-order valence-electron chi connectivity index (χ1n) is 5.62. The van der Waals surface area contributed by atoms with Crippen LogP contribution in [0.3, 0.4) is 0 Å². The van der Waals surface area contributed by atoms with E-state index in [4.69, 9.17) is 51.7 Å². The van der Waals surface area contributed by atoms with Crippen molar-refractivity contribution in [3.05, 3.63) is 50.0 Å². The van der Waals surface area contributed by atoms with Crippen LogP contribution >= 0.6 is 46.4 Å². The maximum atomic E-state index is 9.17. The maximum absolute atomic E-state index is 9.17. The van der Waals surface area contributed by atoms with Crippen LogP contribution in [0.2, 0.25) is 20.2 Å². The van der Waals surface area contributed by atoms with Crippen molar-refractivity contribution in [1.82, 2.24) is 14.6 Å². The molecule has 21 heavy (non-hydrogen) atoms. The molecule has 0 radical (unpaired) electrons. The summed E-state index contributed by atoms with van der Waals surface area (Å²) in [5, 5.41) is 18.1. The van der Waals surface area contributed by atoms with Gasteiger partial charge in [0.05, 0.1) is 5.02 Å². The van der Waals surface area contributed by atoms with Crippen LogP contribution in [0.5, 0.6) is 0 Å². The smallest absolute Gasteiger partial charge is 0.182 e. The van der Waals surface area contributed by atoms with E-state index in [0.29, 0.717) is 10.8 Å². The molecule has 0 fully saturated rings. The summed E-state index contributed by atoms with van der Waals surface area (Å²) in [6.45, 7) is 0. The summed E-state index contributed by atoms with van der Waals surface area (Å²) in [4.78, 5) is 0. The Hall–Kier alpha value is -1.51. The minimum atomic E-state index is 0.0618. The van der Waals surface area contributed by atoms with E-state index in [-0.39, 0.29) is 26.4 Å². The molecule has 8 heteroatoms. The lowest BCUT2D eigenvalue weighted by Crippen LogP contribution is -1.96. The van der Waals surface area contributed by atoms with Gasteiger partial charge >= 0.3 is 0 Å². The van der Waals surface area contributed by atoms with Crippen LogP contribution in [0.15, 0.2) is 24.3 Å². The average Bonchev–Trinajstić information content (AvgIpc) is 2.91. The molecular formula is C13H4Cl4N4. The van der Waals surface area contributed by atoms with E-state index in [2.05, 4.69) is 10.2 Å². The predicted molar refractivity (Wildman–Crippen MR) is 83.2 cm³/mol. The second kappa shape index (κ2) is 5.36. The number of hydrogen-bond acceptors (Lipinski definition) is 3. The standard InChI is InChI=1S/C13H4Cl4N4/c14-7-3-1-6(2-4-7)12-19-20-13-10(16)9(15)8(5-18)11(17)21(12)13/h1-4H. The number of rotatable bonds is 1. The van der Waals surface area contributed by atoms with Crippen molar-refractivity contribution in [2.75, 3.05) is 0 Å². The molecule has 0 spiro atoms. The fourth-order valence-corrected chi connectivity index (χ4v) is 2.81. The van der Waals surface area contributed by atoms with Crippen LogP contribution in [0.4, 0.5) is 0 Å². The van der Waals surface area contributed by atoms with Gasteiger partial charge in [-0.15, -0.1) is 10.2 Å². The molecule has 0 unspecified atom stereocenters. The Bertz CT molecular complexity index is 893. The maximum Gasteiger partial charge on any atom is 0.182 e. The van der Waals surface area contributed by atoms with Crippen molar-refractivity contribution in [2.24, 2.45) is 0 Å². The van der Waals surface area contributed by atoms with Gasteiger partial charge in [0.2, 0.25) is 0 Å². The number of nitrogens with zero attached hydrogens (tertiary/aromatic N) is 4. The summed E-state index contributed by atoms with van der Waals surface area (Å²) in [6.07, 6.45) is 0. The molecule has 0 aliphatic heterocycles. The topological polar surface area (TPSA) is 54.0 Å². The van der Waals surface area contributed by atoms with Crippen molar-refractivity contribution in [2.45, 2.75) is 0 Å². The molecule has 0 atom stereocenters. The Morgan fingerprint density at radius 3 is 2.24 bits per heavy atom.